The highest BCUT2D eigenvalue weighted by Gasteiger charge is 2.30. The Kier molecular flexibility index (Phi) is 4.83. The maximum absolute atomic E-state index is 5.66. The van der Waals surface area contributed by atoms with Crippen molar-refractivity contribution < 1.29 is 4.74 Å². The molecule has 1 saturated heterocycles. The number of piperidine rings is 1. The van der Waals surface area contributed by atoms with Crippen LogP contribution in [-0.4, -0.2) is 32.3 Å². The Bertz CT molecular complexity index is 390. The number of anilines is 1. The first-order valence-corrected chi connectivity index (χ1v) is 7.26. The van der Waals surface area contributed by atoms with Crippen molar-refractivity contribution in [2.45, 2.75) is 38.8 Å². The van der Waals surface area contributed by atoms with E-state index in [1.54, 1.807) is 0 Å². The van der Waals surface area contributed by atoms with Crippen LogP contribution in [-0.2, 0) is 11.3 Å². The molecule has 3 heteroatoms. The number of ether oxygens (including phenoxy) is 1. The third-order valence-electron chi connectivity index (χ3n) is 4.03. The van der Waals surface area contributed by atoms with Crippen molar-refractivity contribution in [1.82, 2.24) is 5.32 Å². The van der Waals surface area contributed by atoms with Crippen LogP contribution in [0.2, 0.25) is 0 Å². The smallest absolute Gasteiger partial charge is 0.0825 e. The minimum Gasteiger partial charge on any atom is -0.377 e. The van der Waals surface area contributed by atoms with Crippen LogP contribution in [0.5, 0.6) is 0 Å². The minimum atomic E-state index is 0.000682. The molecule has 1 aliphatic rings. The highest BCUT2D eigenvalue weighted by Crippen LogP contribution is 2.28. The second-order valence-electron chi connectivity index (χ2n) is 5.63. The van der Waals surface area contributed by atoms with Gasteiger partial charge in [0.2, 0.25) is 0 Å². The molecule has 1 atom stereocenters. The van der Waals surface area contributed by atoms with E-state index in [0.717, 1.165) is 32.6 Å². The molecule has 0 bridgehead atoms. The zero-order valence-electron chi connectivity index (χ0n) is 12.4. The van der Waals surface area contributed by atoms with Crippen LogP contribution < -0.4 is 10.2 Å². The number of benzene rings is 1. The van der Waals surface area contributed by atoms with Crippen molar-refractivity contribution in [2.24, 2.45) is 0 Å². The van der Waals surface area contributed by atoms with Crippen molar-refractivity contribution in [3.63, 3.8) is 0 Å². The van der Waals surface area contributed by atoms with E-state index in [9.17, 15) is 0 Å². The quantitative estimate of drug-likeness (QED) is 0.883. The average molecular weight is 262 g/mol. The van der Waals surface area contributed by atoms with Gasteiger partial charge >= 0.3 is 0 Å². The van der Waals surface area contributed by atoms with Gasteiger partial charge < -0.3 is 15.0 Å². The summed E-state index contributed by atoms with van der Waals surface area (Å²) in [5, 5.41) is 3.35. The molecule has 0 saturated carbocycles. The Hall–Kier alpha value is -1.06. The number of hydrogen-bond acceptors (Lipinski definition) is 3. The molecule has 0 aromatic heterocycles. The fourth-order valence-corrected chi connectivity index (χ4v) is 2.69. The summed E-state index contributed by atoms with van der Waals surface area (Å²) in [6.45, 7) is 8.42. The summed E-state index contributed by atoms with van der Waals surface area (Å²) in [7, 11) is 1.82. The number of nitrogens with one attached hydrogen (secondary N) is 1. The van der Waals surface area contributed by atoms with Gasteiger partial charge in [-0.15, -0.1) is 0 Å². The van der Waals surface area contributed by atoms with Crippen LogP contribution in [0.25, 0.3) is 0 Å². The summed E-state index contributed by atoms with van der Waals surface area (Å²) in [6, 6.07) is 8.90. The van der Waals surface area contributed by atoms with Crippen LogP contribution in [0.4, 0.5) is 5.69 Å². The van der Waals surface area contributed by atoms with Gasteiger partial charge in [0.25, 0.3) is 0 Å². The van der Waals surface area contributed by atoms with E-state index in [1.807, 2.05) is 7.11 Å². The summed E-state index contributed by atoms with van der Waals surface area (Å²) in [6.07, 6.45) is 2.35. The first-order valence-electron chi connectivity index (χ1n) is 7.26. The van der Waals surface area contributed by atoms with E-state index in [4.69, 9.17) is 4.74 Å². The molecule has 1 unspecified atom stereocenters. The van der Waals surface area contributed by atoms with Crippen LogP contribution in [0, 0.1) is 0 Å². The highest BCUT2D eigenvalue weighted by atomic mass is 16.5. The van der Waals surface area contributed by atoms with Gasteiger partial charge in [0.1, 0.15) is 0 Å². The van der Waals surface area contributed by atoms with E-state index in [1.165, 1.54) is 17.7 Å². The predicted molar refractivity (Wildman–Crippen MR) is 80.7 cm³/mol. The average Bonchev–Trinajstić information content (AvgIpc) is 2.46. The molecule has 19 heavy (non-hydrogen) atoms. The molecule has 1 heterocycles. The fourth-order valence-electron chi connectivity index (χ4n) is 2.69. The summed E-state index contributed by atoms with van der Waals surface area (Å²) in [5.41, 5.74) is 2.65. The van der Waals surface area contributed by atoms with Gasteiger partial charge in [0, 0.05) is 32.4 Å². The van der Waals surface area contributed by atoms with Gasteiger partial charge in [-0.05, 0) is 44.0 Å². The van der Waals surface area contributed by atoms with E-state index in [2.05, 4.69) is 48.3 Å². The molecule has 1 aliphatic heterocycles. The predicted octanol–water partition coefficient (Wildman–Crippen LogP) is 2.80. The topological polar surface area (TPSA) is 24.5 Å². The Morgan fingerprint density at radius 3 is 2.68 bits per heavy atom. The molecule has 1 N–H and O–H groups in total. The van der Waals surface area contributed by atoms with Gasteiger partial charge in [-0.3, -0.25) is 0 Å². The van der Waals surface area contributed by atoms with E-state index in [0.29, 0.717) is 0 Å². The molecule has 1 fully saturated rings. The summed E-state index contributed by atoms with van der Waals surface area (Å²) in [5.74, 6) is 0. The van der Waals surface area contributed by atoms with Crippen LogP contribution in [0.15, 0.2) is 24.3 Å². The van der Waals surface area contributed by atoms with E-state index >= 15 is 0 Å². The number of rotatable bonds is 5. The van der Waals surface area contributed by atoms with Crippen molar-refractivity contribution >= 4 is 5.69 Å². The van der Waals surface area contributed by atoms with Gasteiger partial charge in [-0.1, -0.05) is 19.1 Å². The van der Waals surface area contributed by atoms with Crippen molar-refractivity contribution in [3.05, 3.63) is 29.8 Å². The van der Waals surface area contributed by atoms with Gasteiger partial charge in [0.15, 0.2) is 0 Å². The lowest BCUT2D eigenvalue weighted by Gasteiger charge is -2.40. The van der Waals surface area contributed by atoms with Gasteiger partial charge in [-0.2, -0.15) is 0 Å². The fraction of sp³-hybridized carbons (Fsp3) is 0.625. The summed E-state index contributed by atoms with van der Waals surface area (Å²) >= 11 is 0. The lowest BCUT2D eigenvalue weighted by molar-refractivity contribution is -0.00465. The Labute approximate surface area is 116 Å². The zero-order chi connectivity index (χ0) is 13.7. The van der Waals surface area contributed by atoms with Crippen LogP contribution >= 0.6 is 0 Å². The maximum atomic E-state index is 5.66. The van der Waals surface area contributed by atoms with E-state index < -0.39 is 0 Å². The molecule has 0 spiro atoms. The molecule has 3 nitrogen and oxygen atoms in total. The monoisotopic (exact) mass is 262 g/mol. The molecular formula is C16H26N2O. The molecule has 106 valence electrons. The zero-order valence-corrected chi connectivity index (χ0v) is 12.4. The highest BCUT2D eigenvalue weighted by molar-refractivity contribution is 5.48. The molecule has 1 aromatic rings. The SMILES string of the molecule is CCNCc1ccc(N2CCCC(C)(OC)C2)cc1. The normalized spacial score (nSPS) is 23.6. The lowest BCUT2D eigenvalue weighted by atomic mass is 9.94. The maximum Gasteiger partial charge on any atom is 0.0825 e. The largest absolute Gasteiger partial charge is 0.377 e. The Morgan fingerprint density at radius 2 is 2.05 bits per heavy atom. The van der Waals surface area contributed by atoms with E-state index in [-0.39, 0.29) is 5.60 Å². The minimum absolute atomic E-state index is 0.000682. The summed E-state index contributed by atoms with van der Waals surface area (Å²) < 4.78 is 5.66. The van der Waals surface area contributed by atoms with Crippen molar-refractivity contribution in [3.8, 4) is 0 Å². The van der Waals surface area contributed by atoms with Crippen molar-refractivity contribution in [1.29, 1.82) is 0 Å². The molecule has 0 aliphatic carbocycles. The number of nitrogens with zero attached hydrogens (tertiary/aromatic N) is 1. The second-order valence-corrected chi connectivity index (χ2v) is 5.63. The van der Waals surface area contributed by atoms with Crippen LogP contribution in [0.1, 0.15) is 32.3 Å². The second kappa shape index (κ2) is 6.40. The van der Waals surface area contributed by atoms with Crippen molar-refractivity contribution in [2.75, 3.05) is 31.6 Å². The van der Waals surface area contributed by atoms with Gasteiger partial charge in [0.05, 0.1) is 5.60 Å². The first-order chi connectivity index (χ1) is 9.17. The summed E-state index contributed by atoms with van der Waals surface area (Å²) in [4.78, 5) is 2.43. The third kappa shape index (κ3) is 3.71. The molecular weight excluding hydrogens is 236 g/mol. The molecule has 2 rings (SSSR count). The Morgan fingerprint density at radius 1 is 1.32 bits per heavy atom. The number of hydrogen-bond donors (Lipinski definition) is 1. The first kappa shape index (κ1) is 14.4. The third-order valence-corrected chi connectivity index (χ3v) is 4.03. The molecule has 0 radical (unpaired) electrons. The van der Waals surface area contributed by atoms with Gasteiger partial charge in [-0.25, -0.2) is 0 Å². The molecule has 1 aromatic carbocycles. The lowest BCUT2D eigenvalue weighted by Crippen LogP contribution is -2.47. The molecule has 0 amide bonds. The van der Waals surface area contributed by atoms with Crippen LogP contribution in [0.3, 0.4) is 0 Å². The number of methoxy groups -OCH3 is 1. The Balaban J connectivity index is 2.01. The standard InChI is InChI=1S/C16H26N2O/c1-4-17-12-14-6-8-15(9-7-14)18-11-5-10-16(2,13-18)19-3/h6-9,17H,4-5,10-13H2,1-3H3.